The fourth-order valence-corrected chi connectivity index (χ4v) is 1.84. The molecule has 0 radical (unpaired) electrons. The van der Waals surface area contributed by atoms with Crippen LogP contribution in [0.3, 0.4) is 0 Å². The van der Waals surface area contributed by atoms with Crippen LogP contribution in [-0.2, 0) is 15.5 Å². The number of rotatable bonds is 4. The van der Waals surface area contributed by atoms with Crippen LogP contribution >= 0.6 is 12.9 Å². The lowest BCUT2D eigenvalue weighted by Gasteiger charge is -2.01. The zero-order valence-corrected chi connectivity index (χ0v) is 7.54. The van der Waals surface area contributed by atoms with Gasteiger partial charge in [-0.1, -0.05) is 0 Å². The molecule has 0 unspecified atom stereocenters. The topological polar surface area (TPSA) is 36.9 Å². The summed E-state index contributed by atoms with van der Waals surface area (Å²) in [7, 11) is 0. The molecule has 0 saturated carbocycles. The minimum Gasteiger partial charge on any atom is -0.452 e. The molecule has 0 amide bonds. The molecule has 1 aliphatic heterocycles. The minimum absolute atomic E-state index is 0.472. The van der Waals surface area contributed by atoms with Gasteiger partial charge in [-0.05, 0) is 12.9 Å². The largest absolute Gasteiger partial charge is 0.905 e. The summed E-state index contributed by atoms with van der Waals surface area (Å²) in [6.07, 6.45) is 0. The number of hydrogen-bond acceptors (Lipinski definition) is 5. The van der Waals surface area contributed by atoms with Crippen LogP contribution in [0, 0.1) is 0 Å². The normalized spacial score (nSPS) is 18.3. The van der Waals surface area contributed by atoms with Crippen molar-refractivity contribution in [2.45, 2.75) is 0 Å². The molecular formula is C4H9AlO4S. The van der Waals surface area contributed by atoms with E-state index < -0.39 is 15.1 Å². The van der Waals surface area contributed by atoms with Crippen molar-refractivity contribution in [1.82, 2.24) is 0 Å². The maximum absolute atomic E-state index is 5.16. The molecule has 1 aliphatic rings. The maximum atomic E-state index is 5.16. The summed E-state index contributed by atoms with van der Waals surface area (Å²) in [5.74, 6) is 0. The van der Waals surface area contributed by atoms with E-state index in [2.05, 4.69) is 17.1 Å². The highest BCUT2D eigenvalue weighted by molar-refractivity contribution is 7.75. The van der Waals surface area contributed by atoms with Gasteiger partial charge in [-0.25, -0.2) is 0 Å². The van der Waals surface area contributed by atoms with Crippen LogP contribution in [0.4, 0.5) is 0 Å². The summed E-state index contributed by atoms with van der Waals surface area (Å²) in [6.45, 7) is 2.30. The molecule has 0 aromatic carbocycles. The molecule has 0 N–H and O–H groups in total. The van der Waals surface area contributed by atoms with E-state index in [0.29, 0.717) is 26.4 Å². The van der Waals surface area contributed by atoms with E-state index in [1.807, 2.05) is 0 Å². The lowest BCUT2D eigenvalue weighted by molar-refractivity contribution is 0.154. The van der Waals surface area contributed by atoms with Gasteiger partial charge in [0.25, 0.3) is 0 Å². The summed E-state index contributed by atoms with van der Waals surface area (Å²) in [4.78, 5) is 0. The van der Waals surface area contributed by atoms with Crippen LogP contribution in [0.1, 0.15) is 0 Å². The zero-order valence-electron chi connectivity index (χ0n) is 5.49. The van der Waals surface area contributed by atoms with Gasteiger partial charge in [-0.3, -0.25) is 0 Å². The first kappa shape index (κ1) is 8.82. The highest BCUT2D eigenvalue weighted by Gasteiger charge is 2.35. The maximum Gasteiger partial charge on any atom is 0.905 e. The quantitative estimate of drug-likeness (QED) is 0.283. The standard InChI is InChI=1S/C2H5O2S.C2H4O2.Al/c3-1-2-4-5;3-1-2-4;/h5H,1-2H2;1-2H2;/q-1;-2;+3. The van der Waals surface area contributed by atoms with Crippen molar-refractivity contribution in [3.63, 3.8) is 0 Å². The molecule has 4 nitrogen and oxygen atoms in total. The third-order valence-electron chi connectivity index (χ3n) is 1.02. The van der Waals surface area contributed by atoms with E-state index >= 15 is 0 Å². The second kappa shape index (κ2) is 5.38. The third kappa shape index (κ3) is 3.21. The van der Waals surface area contributed by atoms with Crippen LogP contribution in [0.15, 0.2) is 0 Å². The van der Waals surface area contributed by atoms with E-state index in [0.717, 1.165) is 0 Å². The monoisotopic (exact) mass is 180 g/mol. The van der Waals surface area contributed by atoms with Gasteiger partial charge in [0, 0.05) is 19.8 Å². The van der Waals surface area contributed by atoms with Gasteiger partial charge < -0.3 is 15.5 Å². The Morgan fingerprint density at radius 1 is 1.30 bits per heavy atom. The van der Waals surface area contributed by atoms with Gasteiger partial charge in [-0.15, -0.1) is 0 Å². The first-order chi connectivity index (χ1) is 4.93. The Bertz CT molecular complexity index is 87.3. The Balaban J connectivity index is 1.91. The summed E-state index contributed by atoms with van der Waals surface area (Å²) < 4.78 is 19.9. The van der Waals surface area contributed by atoms with E-state index in [-0.39, 0.29) is 0 Å². The summed E-state index contributed by atoms with van der Waals surface area (Å²) in [5.41, 5.74) is 0. The average Bonchev–Trinajstić information content (AvgIpc) is 2.41. The molecule has 1 heterocycles. The van der Waals surface area contributed by atoms with E-state index in [9.17, 15) is 0 Å². The molecule has 0 bridgehead atoms. The molecule has 0 atom stereocenters. The fourth-order valence-electron chi connectivity index (χ4n) is 0.615. The van der Waals surface area contributed by atoms with Crippen LogP contribution in [-0.4, -0.2) is 41.6 Å². The smallest absolute Gasteiger partial charge is 0.452 e. The molecule has 58 valence electrons. The Kier molecular flexibility index (Phi) is 4.75. The van der Waals surface area contributed by atoms with Crippen molar-refractivity contribution >= 4 is 28.1 Å². The lowest BCUT2D eigenvalue weighted by atomic mass is 10.8. The van der Waals surface area contributed by atoms with Crippen LogP contribution < -0.4 is 0 Å². The predicted molar refractivity (Wildman–Crippen MR) is 38.5 cm³/mol. The van der Waals surface area contributed by atoms with Gasteiger partial charge >= 0.3 is 15.1 Å². The van der Waals surface area contributed by atoms with Gasteiger partial charge in [0.05, 0.1) is 6.61 Å². The summed E-state index contributed by atoms with van der Waals surface area (Å²) >= 11 is 1.82. The molecule has 0 aromatic heterocycles. The lowest BCUT2D eigenvalue weighted by Crippen LogP contribution is -2.21. The summed E-state index contributed by atoms with van der Waals surface area (Å²) in [5, 5.41) is 0. The molecule has 1 rings (SSSR count). The Labute approximate surface area is 70.4 Å². The first-order valence-electron chi connectivity index (χ1n) is 3.04. The molecule has 0 spiro atoms. The Morgan fingerprint density at radius 3 is 2.60 bits per heavy atom. The molecule has 0 aromatic rings. The molecule has 1 fully saturated rings. The highest BCUT2D eigenvalue weighted by Crippen LogP contribution is 1.99. The molecular weight excluding hydrogens is 171 g/mol. The number of thiol groups is 1. The van der Waals surface area contributed by atoms with Gasteiger partial charge in [-0.2, -0.15) is 0 Å². The molecule has 6 heteroatoms. The third-order valence-corrected chi connectivity index (χ3v) is 2.73. The van der Waals surface area contributed by atoms with Crippen LogP contribution in [0.2, 0.25) is 0 Å². The Morgan fingerprint density at radius 2 is 2.00 bits per heavy atom. The van der Waals surface area contributed by atoms with Crippen LogP contribution in [0.25, 0.3) is 0 Å². The second-order valence-electron chi connectivity index (χ2n) is 1.73. The van der Waals surface area contributed by atoms with E-state index in [1.165, 1.54) is 0 Å². The Hall–Kier alpha value is 0.722. The highest BCUT2D eigenvalue weighted by atomic mass is 32.1. The summed E-state index contributed by atoms with van der Waals surface area (Å²) in [6, 6.07) is 0. The molecule has 10 heavy (non-hydrogen) atoms. The van der Waals surface area contributed by atoms with E-state index in [1.54, 1.807) is 0 Å². The van der Waals surface area contributed by atoms with Crippen LogP contribution in [0.5, 0.6) is 0 Å². The van der Waals surface area contributed by atoms with Crippen molar-refractivity contribution in [2.75, 3.05) is 26.4 Å². The second-order valence-corrected chi connectivity index (χ2v) is 3.57. The van der Waals surface area contributed by atoms with E-state index in [4.69, 9.17) is 11.4 Å². The minimum atomic E-state index is -1.73. The van der Waals surface area contributed by atoms with Crippen molar-refractivity contribution in [3.05, 3.63) is 0 Å². The van der Waals surface area contributed by atoms with Crippen molar-refractivity contribution in [1.29, 1.82) is 0 Å². The van der Waals surface area contributed by atoms with Crippen molar-refractivity contribution < 1.29 is 15.5 Å². The molecule has 0 aliphatic carbocycles. The van der Waals surface area contributed by atoms with Crippen molar-refractivity contribution in [2.24, 2.45) is 0 Å². The molecule has 1 saturated heterocycles. The fraction of sp³-hybridized carbons (Fsp3) is 1.00. The SMILES string of the molecule is SOCC[O][Al]1[O]CC[O]1. The zero-order chi connectivity index (χ0) is 7.23. The average molecular weight is 180 g/mol. The van der Waals surface area contributed by atoms with Crippen molar-refractivity contribution in [3.8, 4) is 0 Å². The first-order valence-corrected chi connectivity index (χ1v) is 4.82. The predicted octanol–water partition coefficient (Wildman–Crippen LogP) is -0.104. The van der Waals surface area contributed by atoms with Gasteiger partial charge in [0.2, 0.25) is 0 Å². The van der Waals surface area contributed by atoms with Gasteiger partial charge in [0.1, 0.15) is 0 Å². The van der Waals surface area contributed by atoms with Gasteiger partial charge in [0.15, 0.2) is 0 Å². The number of hydrogen-bond donors (Lipinski definition) is 1.